The molecule has 0 aliphatic heterocycles. The third-order valence-electron chi connectivity index (χ3n) is 2.84. The predicted octanol–water partition coefficient (Wildman–Crippen LogP) is 4.34. The first kappa shape index (κ1) is 23.4. The summed E-state index contributed by atoms with van der Waals surface area (Å²) in [6, 6.07) is 0. The van der Waals surface area contributed by atoms with Crippen molar-refractivity contribution in [1.29, 1.82) is 0 Å². The molecular formula is C14H26F3O6P. The molecule has 0 bridgehead atoms. The molecule has 0 aliphatic rings. The van der Waals surface area contributed by atoms with Crippen LogP contribution >= 0.6 is 7.82 Å². The van der Waals surface area contributed by atoms with Crippen LogP contribution in [0.4, 0.5) is 13.2 Å². The van der Waals surface area contributed by atoms with E-state index < -0.39 is 26.1 Å². The van der Waals surface area contributed by atoms with Crippen LogP contribution in [0, 0.1) is 11.8 Å². The minimum atomic E-state index is -5.11. The summed E-state index contributed by atoms with van der Waals surface area (Å²) in [6.07, 6.45) is -7.26. The van der Waals surface area contributed by atoms with Crippen molar-refractivity contribution in [3.05, 3.63) is 0 Å². The van der Waals surface area contributed by atoms with Gasteiger partial charge < -0.3 is 4.74 Å². The molecule has 6 nitrogen and oxygen atoms in total. The molecule has 0 unspecified atom stereocenters. The number of methoxy groups -OCH3 is 1. The molecule has 10 heteroatoms. The lowest BCUT2D eigenvalue weighted by atomic mass is 10.2. The van der Waals surface area contributed by atoms with Crippen molar-refractivity contribution in [2.75, 3.05) is 20.3 Å². The Balaban J connectivity index is 5.11. The number of esters is 1. The fourth-order valence-electron chi connectivity index (χ4n) is 1.37. The zero-order valence-electron chi connectivity index (χ0n) is 14.6. The lowest BCUT2D eigenvalue weighted by molar-refractivity contribution is -0.213. The Morgan fingerprint density at radius 3 is 1.71 bits per heavy atom. The quantitative estimate of drug-likeness (QED) is 0.393. The van der Waals surface area contributed by atoms with E-state index >= 15 is 0 Å². The van der Waals surface area contributed by atoms with Gasteiger partial charge in [0, 0.05) is 0 Å². The van der Waals surface area contributed by atoms with Crippen LogP contribution < -0.4 is 0 Å². The number of hydrogen-bond donors (Lipinski definition) is 0. The van der Waals surface area contributed by atoms with E-state index in [1.807, 2.05) is 27.7 Å². The summed E-state index contributed by atoms with van der Waals surface area (Å²) >= 11 is 0. The highest BCUT2D eigenvalue weighted by atomic mass is 31.2. The summed E-state index contributed by atoms with van der Waals surface area (Å²) in [5.41, 5.74) is 0. The minimum Gasteiger partial charge on any atom is -0.467 e. The molecule has 0 aromatic carbocycles. The van der Waals surface area contributed by atoms with Gasteiger partial charge in [0.2, 0.25) is 0 Å². The third-order valence-corrected chi connectivity index (χ3v) is 4.30. The molecule has 0 rings (SSSR count). The van der Waals surface area contributed by atoms with Crippen molar-refractivity contribution in [3.63, 3.8) is 0 Å². The van der Waals surface area contributed by atoms with Crippen LogP contribution in [0.5, 0.6) is 0 Å². The molecule has 0 radical (unpaired) electrons. The fraction of sp³-hybridized carbons (Fsp3) is 0.929. The van der Waals surface area contributed by atoms with Crippen LogP contribution in [0.2, 0.25) is 0 Å². The van der Waals surface area contributed by atoms with E-state index in [9.17, 15) is 22.5 Å². The average molecular weight is 378 g/mol. The number of alkyl halides is 3. The maximum Gasteiger partial charge on any atom is 0.475 e. The Bertz CT molecular complexity index is 407. The van der Waals surface area contributed by atoms with Gasteiger partial charge in [-0.25, -0.2) is 9.36 Å². The van der Waals surface area contributed by atoms with Crippen molar-refractivity contribution < 1.29 is 40.8 Å². The summed E-state index contributed by atoms with van der Waals surface area (Å²) in [7, 11) is -3.80. The predicted molar refractivity (Wildman–Crippen MR) is 81.4 cm³/mol. The van der Waals surface area contributed by atoms with Crippen molar-refractivity contribution in [2.24, 2.45) is 11.8 Å². The van der Waals surface area contributed by atoms with Crippen LogP contribution in [0.25, 0.3) is 0 Å². The first-order valence-electron chi connectivity index (χ1n) is 7.63. The molecule has 0 heterocycles. The first-order valence-corrected chi connectivity index (χ1v) is 9.09. The molecule has 1 atom stereocenters. The highest BCUT2D eigenvalue weighted by molar-refractivity contribution is 7.48. The van der Waals surface area contributed by atoms with E-state index in [1.165, 1.54) is 0 Å². The van der Waals surface area contributed by atoms with Crippen molar-refractivity contribution in [1.82, 2.24) is 0 Å². The molecule has 0 spiro atoms. The molecule has 0 aromatic rings. The lowest BCUT2D eigenvalue weighted by Gasteiger charge is -2.24. The van der Waals surface area contributed by atoms with Gasteiger partial charge in [-0.1, -0.05) is 27.7 Å². The molecule has 0 saturated carbocycles. The number of carbonyl (C=O) groups excluding carboxylic acids is 1. The second-order valence-corrected chi connectivity index (χ2v) is 7.65. The lowest BCUT2D eigenvalue weighted by Crippen LogP contribution is -2.39. The molecule has 0 amide bonds. The number of phosphoric ester groups is 1. The Hall–Kier alpha value is -0.630. The maximum atomic E-state index is 12.9. The highest BCUT2D eigenvalue weighted by Crippen LogP contribution is 2.53. The molecule has 0 N–H and O–H groups in total. The smallest absolute Gasteiger partial charge is 0.467 e. The van der Waals surface area contributed by atoms with Gasteiger partial charge in [-0.3, -0.25) is 13.6 Å². The first-order chi connectivity index (χ1) is 10.9. The third kappa shape index (κ3) is 9.61. The Morgan fingerprint density at radius 1 is 1.00 bits per heavy atom. The summed E-state index contributed by atoms with van der Waals surface area (Å²) in [6.45, 7) is 7.21. The topological polar surface area (TPSA) is 71.1 Å². The van der Waals surface area contributed by atoms with E-state index in [0.717, 1.165) is 7.11 Å². The van der Waals surface area contributed by atoms with E-state index in [2.05, 4.69) is 9.26 Å². The standard InChI is InChI=1S/C14H26F3O6P/c1-10(2)6-8-21-24(19,22-9-7-11(3)4)23-12(13(18)20-5)14(15,16)17/h10-12H,6-9H2,1-5H3/t12-/m0/s1. The summed E-state index contributed by atoms with van der Waals surface area (Å²) in [4.78, 5) is 11.3. The normalized spacial score (nSPS) is 14.2. The number of rotatable bonds is 11. The van der Waals surface area contributed by atoms with Crippen LogP contribution in [0.15, 0.2) is 0 Å². The van der Waals surface area contributed by atoms with E-state index in [4.69, 9.17) is 9.05 Å². The van der Waals surface area contributed by atoms with Gasteiger partial charge in [0.25, 0.3) is 6.10 Å². The van der Waals surface area contributed by atoms with Gasteiger partial charge in [0.15, 0.2) is 0 Å². The molecule has 0 fully saturated rings. The van der Waals surface area contributed by atoms with Gasteiger partial charge in [0.1, 0.15) is 0 Å². The number of halogens is 3. The van der Waals surface area contributed by atoms with Gasteiger partial charge >= 0.3 is 20.0 Å². The fourth-order valence-corrected chi connectivity index (χ4v) is 2.69. The van der Waals surface area contributed by atoms with Gasteiger partial charge in [-0.2, -0.15) is 13.2 Å². The van der Waals surface area contributed by atoms with Gasteiger partial charge in [0.05, 0.1) is 20.3 Å². The second-order valence-electron chi connectivity index (χ2n) is 6.03. The summed E-state index contributed by atoms with van der Waals surface area (Å²) in [5.74, 6) is -1.37. The number of phosphoric acid groups is 1. The summed E-state index contributed by atoms with van der Waals surface area (Å²) < 4.78 is 69.6. The minimum absolute atomic E-state index is 0.123. The number of carbonyl (C=O) groups is 1. The van der Waals surface area contributed by atoms with E-state index in [0.29, 0.717) is 12.8 Å². The van der Waals surface area contributed by atoms with Crippen molar-refractivity contribution in [2.45, 2.75) is 52.8 Å². The summed E-state index contributed by atoms with van der Waals surface area (Å²) in [5, 5.41) is 0. The Kier molecular flexibility index (Phi) is 10.1. The van der Waals surface area contributed by atoms with Crippen LogP contribution in [-0.4, -0.2) is 38.6 Å². The van der Waals surface area contributed by atoms with Crippen molar-refractivity contribution in [3.8, 4) is 0 Å². The molecule has 144 valence electrons. The van der Waals surface area contributed by atoms with E-state index in [-0.39, 0.29) is 25.0 Å². The Morgan fingerprint density at radius 2 is 1.42 bits per heavy atom. The van der Waals surface area contributed by atoms with Crippen molar-refractivity contribution >= 4 is 13.8 Å². The number of ether oxygens (including phenoxy) is 1. The molecule has 24 heavy (non-hydrogen) atoms. The maximum absolute atomic E-state index is 12.9. The Labute approximate surface area is 140 Å². The molecule has 0 aliphatic carbocycles. The SMILES string of the molecule is COC(=O)[C@H](OP(=O)(OCCC(C)C)OCCC(C)C)C(F)(F)F. The second kappa shape index (κ2) is 10.4. The zero-order valence-corrected chi connectivity index (χ0v) is 15.5. The van der Waals surface area contributed by atoms with Crippen LogP contribution in [0.1, 0.15) is 40.5 Å². The number of hydrogen-bond acceptors (Lipinski definition) is 6. The molecular weight excluding hydrogens is 352 g/mol. The van der Waals surface area contributed by atoms with Gasteiger partial charge in [-0.05, 0) is 24.7 Å². The van der Waals surface area contributed by atoms with Crippen LogP contribution in [0.3, 0.4) is 0 Å². The highest BCUT2D eigenvalue weighted by Gasteiger charge is 2.52. The largest absolute Gasteiger partial charge is 0.475 e. The molecule has 0 aromatic heterocycles. The molecule has 0 saturated heterocycles. The zero-order chi connectivity index (χ0) is 19.0. The average Bonchev–Trinajstić information content (AvgIpc) is 2.42. The van der Waals surface area contributed by atoms with E-state index in [1.54, 1.807) is 0 Å². The monoisotopic (exact) mass is 378 g/mol. The van der Waals surface area contributed by atoms with Gasteiger partial charge in [-0.15, -0.1) is 0 Å². The van der Waals surface area contributed by atoms with Crippen LogP contribution in [-0.2, 0) is 27.7 Å².